The molecule has 0 bridgehead atoms. The number of esters is 1. The number of rotatable bonds is 43. The van der Waals surface area contributed by atoms with Crippen molar-refractivity contribution in [3.63, 3.8) is 0 Å². The monoisotopic (exact) mass is 1610 g/mol. The van der Waals surface area contributed by atoms with Gasteiger partial charge in [0.15, 0.2) is 27.0 Å². The van der Waals surface area contributed by atoms with Gasteiger partial charge in [-0.25, -0.2) is 4.79 Å². The van der Waals surface area contributed by atoms with Crippen LogP contribution in [0, 0.1) is 0 Å². The van der Waals surface area contributed by atoms with E-state index in [1.807, 2.05) is 279 Å². The molecule has 3 fully saturated rings. The van der Waals surface area contributed by atoms with Crippen molar-refractivity contribution in [1.29, 1.82) is 0 Å². The molecule has 2 heterocycles. The zero-order valence-electron chi connectivity index (χ0n) is 68.5. The molecule has 10 aromatic rings. The molecule has 10 aromatic carbocycles. The van der Waals surface area contributed by atoms with Crippen LogP contribution in [0.25, 0.3) is 0 Å². The summed E-state index contributed by atoms with van der Waals surface area (Å²) in [5, 5.41) is 0. The largest absolute Gasteiger partial charge is 0.450 e. The first-order chi connectivity index (χ1) is 57.9. The van der Waals surface area contributed by atoms with E-state index in [0.717, 1.165) is 50.1 Å². The molecular formula is C100H114O17Si. The fourth-order valence-electron chi connectivity index (χ4n) is 16.5. The standard InChI is InChI=1S/C100H114O17Si/c1-8-59-103-93-94(116-99-96(111-68-82-55-35-17-36-56-82)88(106-63-77-45-25-12-26-46-77)86(104-61-75-41-21-10-22-42-75)84(113-99)69-102-60-74-39-19-9-20-40-74)91(109-66-80-51-31-15-32-52-80)90(108-65-79-49-29-14-30-50-79)92(110-67-81-53-33-16-34-54-81)95(93)117-100-97(115-98(101)83-57-37-18-38-58-83)89(107-64-78-47-27-13-28-48-78)87(105-62-76-43-23-11-24-44-76)85(114-100)70-112-118(71(2)3,72(4)5)73(6)7/h8-58,71-73,84-97,99-100H,1,59-70H2,2-7H3/t84-,85-,86-,87-,88+,89+,90+,91+,92-,93+,94-,95-,96+,97+,99-,100-/m1/s1. The van der Waals surface area contributed by atoms with Crippen LogP contribution in [0.1, 0.15) is 102 Å². The highest BCUT2D eigenvalue weighted by molar-refractivity contribution is 6.77. The van der Waals surface area contributed by atoms with E-state index in [2.05, 4.69) is 48.1 Å². The lowest BCUT2D eigenvalue weighted by Crippen LogP contribution is -2.71. The minimum absolute atomic E-state index is 0.0232. The van der Waals surface area contributed by atoms with Gasteiger partial charge >= 0.3 is 5.97 Å². The molecule has 3 aliphatic rings. The molecule has 0 aromatic heterocycles. The van der Waals surface area contributed by atoms with E-state index < -0.39 is 112 Å². The molecule has 2 saturated heterocycles. The highest BCUT2D eigenvalue weighted by Gasteiger charge is 2.61. The first-order valence-corrected chi connectivity index (χ1v) is 43.6. The molecule has 0 radical (unpaired) electrons. The second-order valence-corrected chi connectivity index (χ2v) is 36.8. The number of carbonyl (C=O) groups is 1. The Bertz CT molecular complexity index is 4450. The fourth-order valence-corrected chi connectivity index (χ4v) is 22.0. The Kier molecular flexibility index (Phi) is 33.0. The third-order valence-corrected chi connectivity index (χ3v) is 28.3. The molecule has 0 spiro atoms. The molecule has 1 saturated carbocycles. The number of benzene rings is 10. The maximum atomic E-state index is 15.5. The lowest BCUT2D eigenvalue weighted by Gasteiger charge is -2.53. The van der Waals surface area contributed by atoms with Crippen molar-refractivity contribution >= 4 is 14.3 Å². The van der Waals surface area contributed by atoms with Crippen molar-refractivity contribution < 1.29 is 80.3 Å². The summed E-state index contributed by atoms with van der Waals surface area (Å²) in [5.41, 5.74) is 8.88. The van der Waals surface area contributed by atoms with Crippen molar-refractivity contribution in [1.82, 2.24) is 0 Å². The summed E-state index contributed by atoms with van der Waals surface area (Å²) >= 11 is 0. The van der Waals surface area contributed by atoms with Gasteiger partial charge in [0.1, 0.15) is 79.4 Å². The van der Waals surface area contributed by atoms with Crippen LogP contribution in [0.3, 0.4) is 0 Å². The average Bonchev–Trinajstić information content (AvgIpc) is 0.744. The molecular weight excluding hydrogens is 1500 g/mol. The molecule has 620 valence electrons. The molecule has 118 heavy (non-hydrogen) atoms. The zero-order valence-corrected chi connectivity index (χ0v) is 69.5. The Morgan fingerprint density at radius 3 is 0.864 bits per heavy atom. The van der Waals surface area contributed by atoms with Crippen molar-refractivity contribution in [2.75, 3.05) is 19.8 Å². The van der Waals surface area contributed by atoms with Gasteiger partial charge in [0.05, 0.1) is 84.8 Å². The van der Waals surface area contributed by atoms with Gasteiger partial charge < -0.3 is 75.5 Å². The van der Waals surface area contributed by atoms with Crippen LogP contribution in [0.5, 0.6) is 0 Å². The average molecular weight is 1620 g/mol. The lowest BCUT2D eigenvalue weighted by molar-refractivity contribution is -0.380. The van der Waals surface area contributed by atoms with Gasteiger partial charge in [-0.2, -0.15) is 0 Å². The van der Waals surface area contributed by atoms with Crippen LogP contribution < -0.4 is 0 Å². The van der Waals surface area contributed by atoms with Crippen LogP contribution >= 0.6 is 0 Å². The normalized spacial score (nSPS) is 24.1. The zero-order chi connectivity index (χ0) is 81.7. The van der Waals surface area contributed by atoms with Crippen molar-refractivity contribution in [2.45, 2.75) is 216 Å². The second kappa shape index (κ2) is 44.9. The Hall–Kier alpha value is -8.97. The van der Waals surface area contributed by atoms with E-state index in [-0.39, 0.29) is 101 Å². The molecule has 17 nitrogen and oxygen atoms in total. The SMILES string of the molecule is C=CCO[C@@H]1[C@H](O[C@H]2O[C@H](CO[Si](C(C)C)(C(C)C)C(C)C)[C@@H](OCc3ccccc3)[C@H](OCc3ccccc3)[C@@H]2OC(=O)c2ccccc2)[C@H](OCc2ccccc2)[C@@H](OCc2ccccc2)[C@H](OCc2ccccc2)[C@H]1O[C@H]1O[C@H](COCc2ccccc2)[C@@H](OCc2ccccc2)[C@H](OCc2ccccc2)[C@@H]1OCc1ccccc1. The van der Waals surface area contributed by atoms with Gasteiger partial charge in [-0.1, -0.05) is 339 Å². The molecule has 16 atom stereocenters. The van der Waals surface area contributed by atoms with E-state index in [4.69, 9.17) is 75.5 Å². The molecule has 2 aliphatic heterocycles. The van der Waals surface area contributed by atoms with Crippen LogP contribution in [0.15, 0.2) is 316 Å². The van der Waals surface area contributed by atoms with Gasteiger partial charge in [-0.15, -0.1) is 6.58 Å². The minimum atomic E-state index is -2.73. The Balaban J connectivity index is 1.01. The van der Waals surface area contributed by atoms with Crippen LogP contribution in [0.4, 0.5) is 0 Å². The van der Waals surface area contributed by atoms with E-state index in [0.29, 0.717) is 0 Å². The van der Waals surface area contributed by atoms with E-state index in [1.54, 1.807) is 30.3 Å². The summed E-state index contributed by atoms with van der Waals surface area (Å²) in [6.45, 7) is 19.0. The van der Waals surface area contributed by atoms with Gasteiger partial charge in [-0.05, 0) is 78.8 Å². The van der Waals surface area contributed by atoms with Gasteiger partial charge in [0.2, 0.25) is 0 Å². The van der Waals surface area contributed by atoms with Gasteiger partial charge in [-0.3, -0.25) is 0 Å². The number of ether oxygens (including phenoxy) is 15. The van der Waals surface area contributed by atoms with E-state index >= 15 is 4.79 Å². The number of carbonyl (C=O) groups excluding carboxylic acids is 1. The summed E-state index contributed by atoms with van der Waals surface area (Å²) in [6, 6.07) is 98.7. The third kappa shape index (κ3) is 23.8. The van der Waals surface area contributed by atoms with Crippen LogP contribution in [0.2, 0.25) is 16.6 Å². The lowest BCUT2D eigenvalue weighted by atomic mass is 9.83. The number of hydrogen-bond donors (Lipinski definition) is 0. The maximum Gasteiger partial charge on any atom is 0.338 e. The Labute approximate surface area is 697 Å². The van der Waals surface area contributed by atoms with Gasteiger partial charge in [0, 0.05) is 0 Å². The molecule has 18 heteroatoms. The van der Waals surface area contributed by atoms with E-state index in [1.165, 1.54) is 0 Å². The maximum absolute atomic E-state index is 15.5. The number of hydrogen-bond acceptors (Lipinski definition) is 17. The predicted molar refractivity (Wildman–Crippen MR) is 456 cm³/mol. The minimum Gasteiger partial charge on any atom is -0.450 e. The Morgan fingerprint density at radius 2 is 0.551 bits per heavy atom. The summed E-state index contributed by atoms with van der Waals surface area (Å²) in [4.78, 5) is 15.5. The molecule has 13 rings (SSSR count). The van der Waals surface area contributed by atoms with Crippen molar-refractivity contribution in [2.24, 2.45) is 0 Å². The van der Waals surface area contributed by atoms with E-state index in [9.17, 15) is 0 Å². The third-order valence-electron chi connectivity index (χ3n) is 22.2. The topological polar surface area (TPSA) is 165 Å². The first kappa shape index (κ1) is 86.9. The molecule has 1 aliphatic carbocycles. The second-order valence-electron chi connectivity index (χ2n) is 31.3. The summed E-state index contributed by atoms with van der Waals surface area (Å²) in [6.07, 6.45) is -16.7. The smallest absolute Gasteiger partial charge is 0.338 e. The molecule has 0 amide bonds. The van der Waals surface area contributed by atoms with Crippen LogP contribution in [-0.2, 0) is 135 Å². The van der Waals surface area contributed by atoms with Crippen molar-refractivity contribution in [3.8, 4) is 0 Å². The molecule has 0 N–H and O–H groups in total. The quantitative estimate of drug-likeness (QED) is 0.0201. The first-order valence-electron chi connectivity index (χ1n) is 41.5. The summed E-state index contributed by atoms with van der Waals surface area (Å²) in [5.74, 6) is -0.661. The Morgan fingerprint density at radius 1 is 0.305 bits per heavy atom. The fraction of sp³-hybridized carbons (Fsp3) is 0.370. The summed E-state index contributed by atoms with van der Waals surface area (Å²) in [7, 11) is -2.73. The van der Waals surface area contributed by atoms with Crippen molar-refractivity contribution in [3.05, 3.63) is 372 Å². The summed E-state index contributed by atoms with van der Waals surface area (Å²) < 4.78 is 120. The molecule has 0 unspecified atom stereocenters. The van der Waals surface area contributed by atoms with Gasteiger partial charge in [0.25, 0.3) is 0 Å². The highest BCUT2D eigenvalue weighted by Crippen LogP contribution is 2.46. The highest BCUT2D eigenvalue weighted by atomic mass is 28.4. The predicted octanol–water partition coefficient (Wildman–Crippen LogP) is 19.1. The van der Waals surface area contributed by atoms with Crippen LogP contribution in [-0.4, -0.2) is 132 Å².